The highest BCUT2D eigenvalue weighted by Crippen LogP contribution is 2.49. The van der Waals surface area contributed by atoms with E-state index in [4.69, 9.17) is 0 Å². The van der Waals surface area contributed by atoms with E-state index in [0.29, 0.717) is 23.7 Å². The number of nitrogens with zero attached hydrogens (tertiary/aromatic N) is 2. The average Bonchev–Trinajstić information content (AvgIpc) is 3.26. The van der Waals surface area contributed by atoms with Crippen LogP contribution in [0.1, 0.15) is 125 Å². The fraction of sp³-hybridized carbons (Fsp3) is 0.250. The molecule has 0 bridgehead atoms. The highest BCUT2D eigenvalue weighted by atomic mass is 15.2. The molecule has 9 rings (SSSR count). The van der Waals surface area contributed by atoms with Crippen LogP contribution in [0, 0.1) is 0 Å². The number of rotatable bonds is 9. The summed E-state index contributed by atoms with van der Waals surface area (Å²) in [6, 6.07) is 60.6. The Balaban J connectivity index is 1.43. The van der Waals surface area contributed by atoms with Gasteiger partial charge >= 0.3 is 0 Å². The first-order valence-corrected chi connectivity index (χ1v) is 21.8. The SMILES string of the molecule is CC(C)c1ccc(N2c3ccc(C(C)C)cc3B3c4cc(C(C)C)ccc4N(c4ccc(C(C)C)cc4)c4cc(C(C)(c5ccccc5)c5ccccc5)cc2c43)cc1. The van der Waals surface area contributed by atoms with Crippen LogP contribution in [0.5, 0.6) is 0 Å². The Morgan fingerprint density at radius 1 is 0.373 bits per heavy atom. The molecular weight excluding hydrogens is 711 g/mol. The number of benzene rings is 7. The lowest BCUT2D eigenvalue weighted by Crippen LogP contribution is -2.61. The predicted octanol–water partition coefficient (Wildman–Crippen LogP) is 13.6. The topological polar surface area (TPSA) is 6.48 Å². The maximum Gasteiger partial charge on any atom is 0.252 e. The van der Waals surface area contributed by atoms with E-state index in [9.17, 15) is 0 Å². The van der Waals surface area contributed by atoms with Crippen LogP contribution in [-0.4, -0.2) is 6.71 Å². The molecule has 0 radical (unpaired) electrons. The van der Waals surface area contributed by atoms with Gasteiger partial charge in [-0.25, -0.2) is 0 Å². The Kier molecular flexibility index (Phi) is 9.91. The number of fused-ring (bicyclic) bond motifs is 4. The van der Waals surface area contributed by atoms with E-state index in [-0.39, 0.29) is 6.71 Å². The number of hydrogen-bond donors (Lipinski definition) is 0. The molecule has 294 valence electrons. The van der Waals surface area contributed by atoms with Gasteiger partial charge < -0.3 is 9.80 Å². The monoisotopic (exact) mass is 768 g/mol. The zero-order valence-corrected chi connectivity index (χ0v) is 36.3. The van der Waals surface area contributed by atoms with Crippen molar-refractivity contribution in [1.82, 2.24) is 0 Å². The highest BCUT2D eigenvalue weighted by molar-refractivity contribution is 7.00. The minimum absolute atomic E-state index is 0.0496. The van der Waals surface area contributed by atoms with Crippen molar-refractivity contribution < 1.29 is 0 Å². The number of hydrogen-bond acceptors (Lipinski definition) is 2. The molecule has 0 atom stereocenters. The predicted molar refractivity (Wildman–Crippen MR) is 255 cm³/mol. The zero-order valence-electron chi connectivity index (χ0n) is 36.3. The molecule has 0 spiro atoms. The highest BCUT2D eigenvalue weighted by Gasteiger charge is 2.45. The first kappa shape index (κ1) is 38.7. The fourth-order valence-corrected chi connectivity index (χ4v) is 9.67. The molecule has 0 aliphatic carbocycles. The smallest absolute Gasteiger partial charge is 0.252 e. The lowest BCUT2D eigenvalue weighted by atomic mass is 9.33. The van der Waals surface area contributed by atoms with Crippen molar-refractivity contribution in [2.24, 2.45) is 0 Å². The fourth-order valence-electron chi connectivity index (χ4n) is 9.67. The summed E-state index contributed by atoms with van der Waals surface area (Å²) < 4.78 is 0. The van der Waals surface area contributed by atoms with E-state index in [2.05, 4.69) is 230 Å². The summed E-state index contributed by atoms with van der Waals surface area (Å²) in [5.74, 6) is 1.71. The van der Waals surface area contributed by atoms with Crippen molar-refractivity contribution in [3.63, 3.8) is 0 Å². The Bertz CT molecular complexity index is 2450. The Hall–Kier alpha value is -5.80. The molecule has 0 amide bonds. The van der Waals surface area contributed by atoms with Crippen LogP contribution in [0.15, 0.2) is 158 Å². The lowest BCUT2D eigenvalue weighted by molar-refractivity contribution is 0.693. The molecule has 0 saturated heterocycles. The van der Waals surface area contributed by atoms with Gasteiger partial charge in [0.25, 0.3) is 6.71 Å². The van der Waals surface area contributed by atoms with Gasteiger partial charge in [0, 0.05) is 39.5 Å². The van der Waals surface area contributed by atoms with E-state index in [1.807, 2.05) is 0 Å². The van der Waals surface area contributed by atoms with Crippen LogP contribution >= 0.6 is 0 Å². The largest absolute Gasteiger partial charge is 0.311 e. The third-order valence-electron chi connectivity index (χ3n) is 13.4. The zero-order chi connectivity index (χ0) is 41.2. The molecule has 0 aromatic heterocycles. The van der Waals surface area contributed by atoms with Gasteiger partial charge in [0.05, 0.1) is 0 Å². The summed E-state index contributed by atoms with van der Waals surface area (Å²) in [6.07, 6.45) is 0. The standard InChI is InChI=1S/C56H57BN2/c1-36(2)40-20-26-47(27-21-40)58-51-30-24-42(38(5)6)32-49(51)57-50-33-43(39(7)8)25-31-52(50)59(48-28-22-41(23-29-48)37(3)4)54-35-46(34-53(58)55(54)57)56(9,44-16-12-10-13-17-44)45-18-14-11-15-19-45/h10-39H,1-9H3. The summed E-state index contributed by atoms with van der Waals surface area (Å²) in [6.45, 7) is 20.9. The van der Waals surface area contributed by atoms with Crippen molar-refractivity contribution in [2.75, 3.05) is 9.80 Å². The van der Waals surface area contributed by atoms with Gasteiger partial charge in [0.1, 0.15) is 0 Å². The van der Waals surface area contributed by atoms with E-state index in [1.165, 1.54) is 89.5 Å². The van der Waals surface area contributed by atoms with Gasteiger partial charge in [-0.05, 0) is 134 Å². The Morgan fingerprint density at radius 3 is 1.08 bits per heavy atom. The van der Waals surface area contributed by atoms with Crippen LogP contribution in [0.25, 0.3) is 0 Å². The van der Waals surface area contributed by atoms with Crippen molar-refractivity contribution in [3.8, 4) is 0 Å². The van der Waals surface area contributed by atoms with Crippen LogP contribution < -0.4 is 26.2 Å². The summed E-state index contributed by atoms with van der Waals surface area (Å²) in [4.78, 5) is 5.16. The van der Waals surface area contributed by atoms with Crippen LogP contribution in [-0.2, 0) is 5.41 Å². The quantitative estimate of drug-likeness (QED) is 0.107. The number of anilines is 6. The molecule has 0 fully saturated rings. The third kappa shape index (κ3) is 6.51. The van der Waals surface area contributed by atoms with E-state index >= 15 is 0 Å². The van der Waals surface area contributed by atoms with Crippen LogP contribution in [0.2, 0.25) is 0 Å². The van der Waals surface area contributed by atoms with Crippen molar-refractivity contribution in [2.45, 2.75) is 91.4 Å². The molecule has 0 unspecified atom stereocenters. The summed E-state index contributed by atoms with van der Waals surface area (Å²) in [5, 5.41) is 0. The molecule has 7 aromatic carbocycles. The van der Waals surface area contributed by atoms with Gasteiger partial charge in [-0.2, -0.15) is 0 Å². The maximum absolute atomic E-state index is 2.58. The van der Waals surface area contributed by atoms with Gasteiger partial charge in [0.2, 0.25) is 0 Å². The first-order valence-electron chi connectivity index (χ1n) is 21.8. The molecule has 0 saturated carbocycles. The lowest BCUT2D eigenvalue weighted by Gasteiger charge is -2.46. The van der Waals surface area contributed by atoms with Crippen molar-refractivity contribution in [1.29, 1.82) is 0 Å². The van der Waals surface area contributed by atoms with Gasteiger partial charge in [-0.1, -0.05) is 165 Å². The molecule has 7 aromatic rings. The van der Waals surface area contributed by atoms with E-state index in [0.717, 1.165) is 0 Å². The molecule has 0 N–H and O–H groups in total. The van der Waals surface area contributed by atoms with E-state index < -0.39 is 5.41 Å². The average molecular weight is 769 g/mol. The third-order valence-corrected chi connectivity index (χ3v) is 13.4. The second kappa shape index (κ2) is 15.1. The van der Waals surface area contributed by atoms with Crippen molar-refractivity contribution >= 4 is 57.2 Å². The molecule has 2 nitrogen and oxygen atoms in total. The summed E-state index contributed by atoms with van der Waals surface area (Å²) >= 11 is 0. The summed E-state index contributed by atoms with van der Waals surface area (Å²) in [5.41, 5.74) is 20.3. The minimum atomic E-state index is -0.451. The molecule has 2 heterocycles. The molecular formula is C56H57BN2. The Morgan fingerprint density at radius 2 is 0.729 bits per heavy atom. The molecule has 2 aliphatic rings. The Labute approximate surface area is 353 Å². The molecule has 2 aliphatic heterocycles. The summed E-state index contributed by atoms with van der Waals surface area (Å²) in [7, 11) is 0. The van der Waals surface area contributed by atoms with Crippen molar-refractivity contribution in [3.05, 3.63) is 197 Å². The van der Waals surface area contributed by atoms with E-state index in [1.54, 1.807) is 0 Å². The second-order valence-electron chi connectivity index (χ2n) is 18.3. The second-order valence-corrected chi connectivity index (χ2v) is 18.3. The maximum atomic E-state index is 2.58. The van der Waals surface area contributed by atoms with Gasteiger partial charge in [-0.15, -0.1) is 0 Å². The van der Waals surface area contributed by atoms with Gasteiger partial charge in [-0.3, -0.25) is 0 Å². The molecule has 59 heavy (non-hydrogen) atoms. The normalized spacial score (nSPS) is 13.3. The van der Waals surface area contributed by atoms with Crippen LogP contribution in [0.3, 0.4) is 0 Å². The molecule has 3 heteroatoms. The first-order chi connectivity index (χ1) is 28.4. The van der Waals surface area contributed by atoms with Crippen LogP contribution in [0.4, 0.5) is 34.1 Å². The minimum Gasteiger partial charge on any atom is -0.311 e. The van der Waals surface area contributed by atoms with Gasteiger partial charge in [0.15, 0.2) is 0 Å².